The van der Waals surface area contributed by atoms with Crippen molar-refractivity contribution >= 4 is 16.5 Å². The molecule has 122 valence electrons. The molecule has 0 bridgehead atoms. The molecule has 1 unspecified atom stereocenters. The van der Waals surface area contributed by atoms with Crippen molar-refractivity contribution in [3.63, 3.8) is 0 Å². The molecule has 0 radical (unpaired) electrons. The lowest BCUT2D eigenvalue weighted by atomic mass is 10.1. The smallest absolute Gasteiger partial charge is 0.186 e. The number of nitrogens with zero attached hydrogens (tertiary/aromatic N) is 3. The summed E-state index contributed by atoms with van der Waals surface area (Å²) in [6.07, 6.45) is 0. The zero-order valence-corrected chi connectivity index (χ0v) is 15.8. The fourth-order valence-corrected chi connectivity index (χ4v) is 3.47. The van der Waals surface area contributed by atoms with Gasteiger partial charge in [0.05, 0.1) is 5.69 Å². The van der Waals surface area contributed by atoms with Crippen molar-refractivity contribution in [2.75, 3.05) is 32.1 Å². The van der Waals surface area contributed by atoms with Gasteiger partial charge in [-0.25, -0.2) is 4.98 Å². The average Bonchev–Trinajstić information content (AvgIpc) is 2.67. The van der Waals surface area contributed by atoms with E-state index >= 15 is 0 Å². The number of rotatable bonds is 7. The van der Waals surface area contributed by atoms with Gasteiger partial charge in [-0.15, -0.1) is 11.3 Å². The molecule has 0 saturated heterocycles. The van der Waals surface area contributed by atoms with E-state index in [4.69, 9.17) is 4.98 Å². The van der Waals surface area contributed by atoms with Gasteiger partial charge < -0.3 is 15.1 Å². The van der Waals surface area contributed by atoms with E-state index in [1.165, 1.54) is 4.88 Å². The second kappa shape index (κ2) is 7.56. The van der Waals surface area contributed by atoms with Crippen LogP contribution in [0.15, 0.2) is 0 Å². The molecular weight excluding hydrogens is 280 g/mol. The molecule has 0 aliphatic heterocycles. The van der Waals surface area contributed by atoms with Crippen LogP contribution in [-0.2, 0) is 6.54 Å². The van der Waals surface area contributed by atoms with E-state index in [0.717, 1.165) is 30.5 Å². The van der Waals surface area contributed by atoms with E-state index in [1.54, 1.807) is 0 Å². The zero-order chi connectivity index (χ0) is 16.2. The SMILES string of the molecule is CCN(c1nc(C)c(CNC(C)(C)C)s1)C(C)CN(C)C. The highest BCUT2D eigenvalue weighted by Gasteiger charge is 2.19. The Bertz CT molecular complexity index is 434. The fraction of sp³-hybridized carbons (Fsp3) is 0.812. The average molecular weight is 313 g/mol. The van der Waals surface area contributed by atoms with Gasteiger partial charge in [-0.2, -0.15) is 0 Å². The maximum atomic E-state index is 4.80. The van der Waals surface area contributed by atoms with E-state index < -0.39 is 0 Å². The third kappa shape index (κ3) is 5.93. The highest BCUT2D eigenvalue weighted by Crippen LogP contribution is 2.27. The molecule has 4 nitrogen and oxygen atoms in total. The monoisotopic (exact) mass is 312 g/mol. The third-order valence-corrected chi connectivity index (χ3v) is 4.60. The second-order valence-electron chi connectivity index (χ2n) is 7.01. The zero-order valence-electron chi connectivity index (χ0n) is 14.9. The molecule has 0 aliphatic rings. The second-order valence-corrected chi connectivity index (χ2v) is 8.07. The first kappa shape index (κ1) is 18.4. The minimum Gasteiger partial charge on any atom is -0.344 e. The summed E-state index contributed by atoms with van der Waals surface area (Å²) in [7, 11) is 4.24. The lowest BCUT2D eigenvalue weighted by Crippen LogP contribution is -2.40. The van der Waals surface area contributed by atoms with Crippen LogP contribution >= 0.6 is 11.3 Å². The van der Waals surface area contributed by atoms with Crippen LogP contribution in [0.3, 0.4) is 0 Å². The van der Waals surface area contributed by atoms with Gasteiger partial charge >= 0.3 is 0 Å². The summed E-state index contributed by atoms with van der Waals surface area (Å²) >= 11 is 1.82. The van der Waals surface area contributed by atoms with Crippen LogP contribution < -0.4 is 10.2 Å². The lowest BCUT2D eigenvalue weighted by Gasteiger charge is -2.29. The van der Waals surface area contributed by atoms with E-state index in [2.05, 4.69) is 70.8 Å². The molecular formula is C16H32N4S. The standard InChI is InChI=1S/C16H32N4S/c1-9-20(12(2)11-19(7)8)15-18-13(3)14(21-15)10-17-16(4,5)6/h12,17H,9-11H2,1-8H3. The molecule has 0 saturated carbocycles. The predicted octanol–water partition coefficient (Wildman–Crippen LogP) is 3.12. The van der Waals surface area contributed by atoms with Gasteiger partial charge in [0.1, 0.15) is 0 Å². The maximum absolute atomic E-state index is 4.80. The Hall–Kier alpha value is -0.650. The lowest BCUT2D eigenvalue weighted by molar-refractivity contribution is 0.373. The van der Waals surface area contributed by atoms with Crippen LogP contribution in [0.2, 0.25) is 0 Å². The highest BCUT2D eigenvalue weighted by atomic mass is 32.1. The van der Waals surface area contributed by atoms with Gasteiger partial charge in [0.2, 0.25) is 0 Å². The van der Waals surface area contributed by atoms with Crippen LogP contribution in [-0.4, -0.2) is 48.6 Å². The minimum atomic E-state index is 0.138. The van der Waals surface area contributed by atoms with E-state index in [9.17, 15) is 0 Å². The molecule has 21 heavy (non-hydrogen) atoms. The minimum absolute atomic E-state index is 0.138. The fourth-order valence-electron chi connectivity index (χ4n) is 2.31. The highest BCUT2D eigenvalue weighted by molar-refractivity contribution is 7.15. The number of thiazole rings is 1. The molecule has 0 aliphatic carbocycles. The Kier molecular flexibility index (Phi) is 6.63. The van der Waals surface area contributed by atoms with Crippen LogP contribution in [0, 0.1) is 6.92 Å². The van der Waals surface area contributed by atoms with Crippen molar-refractivity contribution < 1.29 is 0 Å². The summed E-state index contributed by atoms with van der Waals surface area (Å²) in [5.41, 5.74) is 1.29. The number of aromatic nitrogens is 1. The molecule has 1 N–H and O–H groups in total. The molecule has 0 amide bonds. The first-order valence-corrected chi connectivity index (χ1v) is 8.58. The molecule has 1 atom stereocenters. The quantitative estimate of drug-likeness (QED) is 0.838. The van der Waals surface area contributed by atoms with Crippen molar-refractivity contribution in [1.82, 2.24) is 15.2 Å². The topological polar surface area (TPSA) is 31.4 Å². The van der Waals surface area contributed by atoms with Gasteiger partial charge in [-0.3, -0.25) is 0 Å². The molecule has 0 fully saturated rings. The Balaban J connectivity index is 2.82. The van der Waals surface area contributed by atoms with E-state index in [-0.39, 0.29) is 5.54 Å². The summed E-state index contributed by atoms with van der Waals surface area (Å²) in [5.74, 6) is 0. The maximum Gasteiger partial charge on any atom is 0.186 e. The Morgan fingerprint density at radius 3 is 2.38 bits per heavy atom. The molecule has 1 aromatic heterocycles. The van der Waals surface area contributed by atoms with Crippen LogP contribution in [0.25, 0.3) is 0 Å². The van der Waals surface area contributed by atoms with Crippen molar-refractivity contribution in [2.45, 2.75) is 59.7 Å². The van der Waals surface area contributed by atoms with Crippen LogP contribution in [0.5, 0.6) is 0 Å². The Labute approximate surface area is 134 Å². The van der Waals surface area contributed by atoms with Crippen molar-refractivity contribution in [1.29, 1.82) is 0 Å². The van der Waals surface area contributed by atoms with E-state index in [1.807, 2.05) is 11.3 Å². The summed E-state index contributed by atoms with van der Waals surface area (Å²) in [5, 5.41) is 4.70. The molecule has 5 heteroatoms. The number of likely N-dealkylation sites (N-methyl/N-ethyl adjacent to an activating group) is 2. The Morgan fingerprint density at radius 2 is 1.90 bits per heavy atom. The van der Waals surface area contributed by atoms with Crippen molar-refractivity contribution in [2.24, 2.45) is 0 Å². The van der Waals surface area contributed by atoms with Crippen LogP contribution in [0.1, 0.15) is 45.2 Å². The molecule has 1 heterocycles. The van der Waals surface area contributed by atoms with Crippen molar-refractivity contribution in [3.05, 3.63) is 10.6 Å². The first-order chi connectivity index (χ1) is 9.64. The summed E-state index contributed by atoms with van der Waals surface area (Å²) in [6.45, 7) is 16.1. The third-order valence-electron chi connectivity index (χ3n) is 3.41. The largest absolute Gasteiger partial charge is 0.344 e. The number of aryl methyl sites for hydroxylation is 1. The molecule has 1 rings (SSSR count). The van der Waals surface area contributed by atoms with Gasteiger partial charge in [0.25, 0.3) is 0 Å². The Morgan fingerprint density at radius 1 is 1.29 bits per heavy atom. The number of nitrogens with one attached hydrogen (secondary N) is 1. The normalized spacial score (nSPS) is 13.8. The van der Waals surface area contributed by atoms with Gasteiger partial charge in [0.15, 0.2) is 5.13 Å². The first-order valence-electron chi connectivity index (χ1n) is 7.76. The van der Waals surface area contributed by atoms with Crippen LogP contribution in [0.4, 0.5) is 5.13 Å². The summed E-state index contributed by atoms with van der Waals surface area (Å²) in [6, 6.07) is 0.471. The number of hydrogen-bond acceptors (Lipinski definition) is 5. The molecule has 1 aromatic rings. The molecule has 0 spiro atoms. The van der Waals surface area contributed by atoms with Gasteiger partial charge in [-0.05, 0) is 55.6 Å². The summed E-state index contributed by atoms with van der Waals surface area (Å²) < 4.78 is 0. The number of anilines is 1. The van der Waals surface area contributed by atoms with E-state index in [0.29, 0.717) is 6.04 Å². The molecule has 0 aromatic carbocycles. The van der Waals surface area contributed by atoms with Crippen molar-refractivity contribution in [3.8, 4) is 0 Å². The number of hydrogen-bond donors (Lipinski definition) is 1. The van der Waals surface area contributed by atoms with Gasteiger partial charge in [-0.1, -0.05) is 0 Å². The summed E-state index contributed by atoms with van der Waals surface area (Å²) in [4.78, 5) is 10.8. The predicted molar refractivity (Wildman–Crippen MR) is 94.5 cm³/mol. The van der Waals surface area contributed by atoms with Gasteiger partial charge in [0, 0.05) is 36.1 Å².